The smallest absolute Gasteiger partial charge is 0.311 e. The molecule has 98 valence electrons. The number of nitro benzene ring substituents is 1. The van der Waals surface area contributed by atoms with Crippen molar-refractivity contribution in [1.29, 1.82) is 0 Å². The number of thioether (sulfide) groups is 1. The highest BCUT2D eigenvalue weighted by molar-refractivity contribution is 8.18. The van der Waals surface area contributed by atoms with Gasteiger partial charge in [0.05, 0.1) is 16.9 Å². The first kappa shape index (κ1) is 13.1. The lowest BCUT2D eigenvalue weighted by atomic mass is 10.1. The average molecular weight is 279 g/mol. The van der Waals surface area contributed by atoms with E-state index in [1.165, 1.54) is 25.3 Å². The van der Waals surface area contributed by atoms with Gasteiger partial charge in [-0.3, -0.25) is 14.9 Å². The fraction of sp³-hybridized carbons (Fsp3) is 0.0909. The lowest BCUT2D eigenvalue weighted by Crippen LogP contribution is -2.01. The summed E-state index contributed by atoms with van der Waals surface area (Å²) in [7, 11) is 1.35. The van der Waals surface area contributed by atoms with E-state index < -0.39 is 10.8 Å². The third-order valence-electron chi connectivity index (χ3n) is 2.33. The maximum atomic E-state index is 11.4. The third-order valence-corrected chi connectivity index (χ3v) is 3.15. The number of carbonyl (C=O) groups excluding carboxylic acids is 1. The van der Waals surface area contributed by atoms with Gasteiger partial charge < -0.3 is 10.5 Å². The van der Waals surface area contributed by atoms with Crippen LogP contribution < -0.4 is 10.5 Å². The molecule has 0 aromatic heterocycles. The molecule has 1 aromatic rings. The quantitative estimate of drug-likeness (QED) is 0.510. The Bertz CT molecular complexity index is 624. The fourth-order valence-corrected chi connectivity index (χ4v) is 2.20. The van der Waals surface area contributed by atoms with Crippen molar-refractivity contribution >= 4 is 34.6 Å². The van der Waals surface area contributed by atoms with Crippen LogP contribution in [0.15, 0.2) is 28.1 Å². The standard InChI is InChI=1S/C11H9N3O4S/c1-18-8-3-2-6(4-7(8)14(16)17)5-9-10(15)13-11(12)19-9/h2-5H,1H3,(H2,12,13,15). The van der Waals surface area contributed by atoms with Crippen LogP contribution in [0.2, 0.25) is 0 Å². The first-order valence-electron chi connectivity index (χ1n) is 5.11. The molecule has 0 unspecified atom stereocenters. The zero-order chi connectivity index (χ0) is 14.0. The summed E-state index contributed by atoms with van der Waals surface area (Å²) in [6.07, 6.45) is 1.50. The molecule has 1 amide bonds. The monoisotopic (exact) mass is 279 g/mol. The van der Waals surface area contributed by atoms with E-state index in [1.807, 2.05) is 0 Å². The number of nitro groups is 1. The van der Waals surface area contributed by atoms with Crippen molar-refractivity contribution < 1.29 is 14.5 Å². The van der Waals surface area contributed by atoms with Crippen molar-refractivity contribution in [3.05, 3.63) is 38.8 Å². The Kier molecular flexibility index (Phi) is 3.52. The molecule has 0 saturated carbocycles. The summed E-state index contributed by atoms with van der Waals surface area (Å²) in [6, 6.07) is 4.41. The number of amidine groups is 1. The summed E-state index contributed by atoms with van der Waals surface area (Å²) in [5.41, 5.74) is 5.76. The number of benzene rings is 1. The Hall–Kier alpha value is -2.35. The van der Waals surface area contributed by atoms with E-state index in [2.05, 4.69) is 4.99 Å². The van der Waals surface area contributed by atoms with Gasteiger partial charge >= 0.3 is 5.69 Å². The van der Waals surface area contributed by atoms with Gasteiger partial charge in [-0.2, -0.15) is 4.99 Å². The second-order valence-corrected chi connectivity index (χ2v) is 4.62. The topological polar surface area (TPSA) is 108 Å². The highest BCUT2D eigenvalue weighted by Crippen LogP contribution is 2.31. The highest BCUT2D eigenvalue weighted by atomic mass is 32.2. The van der Waals surface area contributed by atoms with Crippen LogP contribution in [0.25, 0.3) is 6.08 Å². The van der Waals surface area contributed by atoms with Gasteiger partial charge in [-0.05, 0) is 29.5 Å². The molecule has 0 atom stereocenters. The van der Waals surface area contributed by atoms with Crippen molar-refractivity contribution in [2.75, 3.05) is 7.11 Å². The molecule has 0 saturated heterocycles. The maximum absolute atomic E-state index is 11.4. The predicted molar refractivity (Wildman–Crippen MR) is 71.8 cm³/mol. The molecule has 2 rings (SSSR count). The molecule has 0 bridgehead atoms. The second-order valence-electron chi connectivity index (χ2n) is 3.55. The van der Waals surface area contributed by atoms with Gasteiger partial charge in [0, 0.05) is 6.07 Å². The number of rotatable bonds is 3. The summed E-state index contributed by atoms with van der Waals surface area (Å²) >= 11 is 1.03. The average Bonchev–Trinajstić information content (AvgIpc) is 2.67. The maximum Gasteiger partial charge on any atom is 0.311 e. The summed E-state index contributed by atoms with van der Waals surface area (Å²) < 4.78 is 4.89. The van der Waals surface area contributed by atoms with Crippen molar-refractivity contribution in [1.82, 2.24) is 0 Å². The molecule has 2 N–H and O–H groups in total. The molecule has 7 nitrogen and oxygen atoms in total. The van der Waals surface area contributed by atoms with Crippen LogP contribution in [0.3, 0.4) is 0 Å². The van der Waals surface area contributed by atoms with E-state index in [4.69, 9.17) is 10.5 Å². The minimum Gasteiger partial charge on any atom is -0.490 e. The molecule has 0 aliphatic carbocycles. The van der Waals surface area contributed by atoms with Crippen LogP contribution in [0, 0.1) is 10.1 Å². The van der Waals surface area contributed by atoms with E-state index in [9.17, 15) is 14.9 Å². The van der Waals surface area contributed by atoms with E-state index in [0.717, 1.165) is 11.8 Å². The molecule has 1 heterocycles. The van der Waals surface area contributed by atoms with E-state index in [1.54, 1.807) is 6.07 Å². The Balaban J connectivity index is 2.38. The number of carbonyl (C=O) groups is 1. The van der Waals surface area contributed by atoms with Crippen LogP contribution in [0.4, 0.5) is 5.69 Å². The normalized spacial score (nSPS) is 16.6. The van der Waals surface area contributed by atoms with Crippen molar-refractivity contribution in [2.24, 2.45) is 10.7 Å². The number of aliphatic imine (C=N–C) groups is 1. The van der Waals surface area contributed by atoms with Crippen LogP contribution >= 0.6 is 11.8 Å². The van der Waals surface area contributed by atoms with Crippen LogP contribution in [-0.2, 0) is 4.79 Å². The van der Waals surface area contributed by atoms with Crippen molar-refractivity contribution in [3.63, 3.8) is 0 Å². The van der Waals surface area contributed by atoms with Crippen molar-refractivity contribution in [2.45, 2.75) is 0 Å². The number of methoxy groups -OCH3 is 1. The highest BCUT2D eigenvalue weighted by Gasteiger charge is 2.20. The molecule has 1 aromatic carbocycles. The largest absolute Gasteiger partial charge is 0.490 e. The summed E-state index contributed by atoms with van der Waals surface area (Å²) in [4.78, 5) is 25.6. The minimum atomic E-state index is -0.546. The number of nitrogens with two attached hydrogens (primary N) is 1. The summed E-state index contributed by atoms with van der Waals surface area (Å²) in [5, 5.41) is 11.0. The number of hydrogen-bond acceptors (Lipinski definition) is 6. The first-order valence-corrected chi connectivity index (χ1v) is 5.93. The molecule has 1 aliphatic heterocycles. The fourth-order valence-electron chi connectivity index (χ4n) is 1.52. The van der Waals surface area contributed by atoms with Gasteiger partial charge in [0.15, 0.2) is 10.9 Å². The van der Waals surface area contributed by atoms with Crippen LogP contribution in [0.1, 0.15) is 5.56 Å². The second kappa shape index (κ2) is 5.11. The van der Waals surface area contributed by atoms with Gasteiger partial charge in [-0.15, -0.1) is 0 Å². The number of ether oxygens (including phenoxy) is 1. The number of amides is 1. The Labute approximate surface area is 112 Å². The predicted octanol–water partition coefficient (Wildman–Crippen LogP) is 1.53. The SMILES string of the molecule is COc1ccc(C=C2SC(N)=NC2=O)cc1[N+](=O)[O-]. The molecule has 1 aliphatic rings. The van der Waals surface area contributed by atoms with Gasteiger partial charge in [0.1, 0.15) is 0 Å². The molecule has 19 heavy (non-hydrogen) atoms. The summed E-state index contributed by atoms with van der Waals surface area (Å²) in [5.74, 6) is -0.283. The van der Waals surface area contributed by atoms with Gasteiger partial charge in [0.25, 0.3) is 5.91 Å². The molecule has 0 spiro atoms. The third kappa shape index (κ3) is 2.74. The minimum absolute atomic E-state index is 0.160. The lowest BCUT2D eigenvalue weighted by Gasteiger charge is -2.02. The van der Waals surface area contributed by atoms with Crippen molar-refractivity contribution in [3.8, 4) is 5.75 Å². The molecule has 0 radical (unpaired) electrons. The van der Waals surface area contributed by atoms with E-state index in [-0.39, 0.29) is 16.6 Å². The van der Waals surface area contributed by atoms with E-state index >= 15 is 0 Å². The zero-order valence-corrected chi connectivity index (χ0v) is 10.6. The molecular formula is C11H9N3O4S. The van der Waals surface area contributed by atoms with Crippen LogP contribution in [0.5, 0.6) is 5.75 Å². The van der Waals surface area contributed by atoms with Gasteiger partial charge in [-0.1, -0.05) is 6.07 Å². The van der Waals surface area contributed by atoms with Gasteiger partial charge in [0.2, 0.25) is 0 Å². The molecule has 8 heteroatoms. The lowest BCUT2D eigenvalue weighted by molar-refractivity contribution is -0.385. The van der Waals surface area contributed by atoms with Crippen LogP contribution in [-0.4, -0.2) is 23.1 Å². The van der Waals surface area contributed by atoms with Gasteiger partial charge in [-0.25, -0.2) is 0 Å². The Morgan fingerprint density at radius 3 is 2.79 bits per heavy atom. The Morgan fingerprint density at radius 1 is 1.53 bits per heavy atom. The Morgan fingerprint density at radius 2 is 2.26 bits per heavy atom. The first-order chi connectivity index (χ1) is 9.01. The molecule has 0 fully saturated rings. The summed E-state index contributed by atoms with van der Waals surface area (Å²) in [6.45, 7) is 0. The number of nitrogens with zero attached hydrogens (tertiary/aromatic N) is 2. The molecular weight excluding hydrogens is 270 g/mol. The van der Waals surface area contributed by atoms with E-state index in [0.29, 0.717) is 10.5 Å². The number of hydrogen-bond donors (Lipinski definition) is 1. The zero-order valence-electron chi connectivity index (χ0n) is 9.82.